The lowest BCUT2D eigenvalue weighted by molar-refractivity contribution is -0.142. The van der Waals surface area contributed by atoms with Gasteiger partial charge in [0.15, 0.2) is 0 Å². The van der Waals surface area contributed by atoms with Crippen molar-refractivity contribution in [2.75, 3.05) is 19.8 Å². The predicted molar refractivity (Wildman–Crippen MR) is 143 cm³/mol. The van der Waals surface area contributed by atoms with Gasteiger partial charge in [-0.1, -0.05) is 27.2 Å². The van der Waals surface area contributed by atoms with Crippen molar-refractivity contribution in [2.24, 2.45) is 0 Å². The zero-order valence-corrected chi connectivity index (χ0v) is 24.0. The first-order valence-electron chi connectivity index (χ1n) is 14.1. The molecule has 14 heteroatoms. The molecule has 3 rings (SSSR count). The number of carbonyl (C=O) groups excluding carboxylic acids is 7. The molecule has 3 saturated heterocycles. The quantitative estimate of drug-likeness (QED) is 0.136. The van der Waals surface area contributed by atoms with Gasteiger partial charge in [-0.15, -0.1) is 0 Å². The number of hydrogen-bond acceptors (Lipinski definition) is 11. The van der Waals surface area contributed by atoms with E-state index in [2.05, 4.69) is 25.4 Å². The molecule has 3 heterocycles. The van der Waals surface area contributed by atoms with Crippen LogP contribution in [0.3, 0.4) is 0 Å². The van der Waals surface area contributed by atoms with E-state index in [0.717, 1.165) is 12.8 Å². The summed E-state index contributed by atoms with van der Waals surface area (Å²) in [4.78, 5) is 77.3. The molecule has 0 aliphatic carbocycles. The Morgan fingerprint density at radius 3 is 1.56 bits per heavy atom. The molecule has 0 radical (unpaired) electrons. The van der Waals surface area contributed by atoms with Crippen LogP contribution in [0.4, 0.5) is 0 Å². The van der Waals surface area contributed by atoms with Crippen molar-refractivity contribution < 1.29 is 52.9 Å². The molecule has 4 N–H and O–H groups in total. The zero-order valence-electron chi connectivity index (χ0n) is 24.0. The van der Waals surface area contributed by atoms with E-state index in [1.807, 2.05) is 6.92 Å². The van der Waals surface area contributed by atoms with Crippen LogP contribution < -0.4 is 16.0 Å². The van der Waals surface area contributed by atoms with Gasteiger partial charge in [-0.25, -0.2) is 14.4 Å². The van der Waals surface area contributed by atoms with Crippen molar-refractivity contribution in [3.05, 3.63) is 0 Å². The standard InChI is InChI=1S/C9H15NO4.C9H13NO4.C9H15NO3/c2*1-2-6(11)5-8(12)10-7-3-4-14-9(7)13;1-2-3-4-8(11)10-7-5-6-13-9(7)12/h6-7,11H,2-5H2,1H3,(H,10,12);7H,2-5H2,1H3,(H,10,12);7H,2-6H2,1H3,(H,10,11). The Hall–Kier alpha value is -3.55. The largest absolute Gasteiger partial charge is 0.464 e. The first-order chi connectivity index (χ1) is 19.5. The number of unbranched alkanes of at least 4 members (excludes halogenated alkanes) is 1. The summed E-state index contributed by atoms with van der Waals surface area (Å²) in [5.74, 6) is -1.99. The van der Waals surface area contributed by atoms with Crippen molar-refractivity contribution >= 4 is 41.4 Å². The van der Waals surface area contributed by atoms with E-state index in [1.165, 1.54) is 0 Å². The molecule has 3 amide bonds. The number of hydrogen-bond donors (Lipinski definition) is 4. The van der Waals surface area contributed by atoms with Crippen molar-refractivity contribution in [2.45, 2.75) is 109 Å². The van der Waals surface area contributed by atoms with E-state index in [9.17, 15) is 38.7 Å². The van der Waals surface area contributed by atoms with Crippen LogP contribution in [0.1, 0.15) is 85.0 Å². The summed E-state index contributed by atoms with van der Waals surface area (Å²) in [6.45, 7) is 6.64. The van der Waals surface area contributed by atoms with Gasteiger partial charge in [0.25, 0.3) is 0 Å². The maximum atomic E-state index is 11.2. The van der Waals surface area contributed by atoms with Gasteiger partial charge in [0.2, 0.25) is 17.7 Å². The number of cyclic esters (lactones) is 3. The third kappa shape index (κ3) is 14.6. The Morgan fingerprint density at radius 2 is 1.20 bits per heavy atom. The van der Waals surface area contributed by atoms with Gasteiger partial charge in [-0.05, 0) is 12.8 Å². The molecule has 14 nitrogen and oxygen atoms in total. The second kappa shape index (κ2) is 19.5. The first-order valence-corrected chi connectivity index (χ1v) is 14.1. The summed E-state index contributed by atoms with van der Waals surface area (Å²) in [6.07, 6.45) is 4.10. The van der Waals surface area contributed by atoms with Crippen LogP contribution in [-0.2, 0) is 47.8 Å². The van der Waals surface area contributed by atoms with Crippen LogP contribution in [0.15, 0.2) is 0 Å². The molecule has 0 bridgehead atoms. The molecule has 3 fully saturated rings. The molecule has 0 aromatic carbocycles. The maximum absolute atomic E-state index is 11.2. The highest BCUT2D eigenvalue weighted by Crippen LogP contribution is 2.08. The molecule has 0 aromatic heterocycles. The number of nitrogens with one attached hydrogen (secondary N) is 3. The van der Waals surface area contributed by atoms with Crippen LogP contribution in [0, 0.1) is 0 Å². The van der Waals surface area contributed by atoms with Gasteiger partial charge in [0, 0.05) is 32.1 Å². The Morgan fingerprint density at radius 1 is 0.756 bits per heavy atom. The van der Waals surface area contributed by atoms with Gasteiger partial charge in [-0.3, -0.25) is 19.2 Å². The average Bonchev–Trinajstić information content (AvgIpc) is 3.65. The normalized spacial score (nSPS) is 21.6. The van der Waals surface area contributed by atoms with Crippen molar-refractivity contribution in [3.8, 4) is 0 Å². The Kier molecular flexibility index (Phi) is 16.9. The average molecular weight is 586 g/mol. The van der Waals surface area contributed by atoms with E-state index < -0.39 is 36.1 Å². The van der Waals surface area contributed by atoms with Gasteiger partial charge < -0.3 is 35.3 Å². The molecule has 4 unspecified atom stereocenters. The fourth-order valence-corrected chi connectivity index (χ4v) is 3.65. The number of ketones is 1. The molecular formula is C27H43N3O11. The minimum atomic E-state index is -0.632. The zero-order chi connectivity index (χ0) is 30.8. The number of amides is 3. The van der Waals surface area contributed by atoms with Gasteiger partial charge in [0.05, 0.1) is 38.8 Å². The Balaban J connectivity index is 0.000000308. The lowest BCUT2D eigenvalue weighted by atomic mass is 10.2. The SMILES string of the molecule is CCC(=O)CC(=O)NC1CCOC1=O.CCC(O)CC(=O)NC1CCOC1=O.CCCCC(=O)NC1CCOC1=O. The van der Waals surface area contributed by atoms with Crippen molar-refractivity contribution in [1.29, 1.82) is 0 Å². The number of Topliss-reactive ketones (excluding diaryl/α,β-unsaturated/α-hetero) is 1. The van der Waals surface area contributed by atoms with Crippen LogP contribution in [-0.4, -0.2) is 90.6 Å². The molecule has 4 atom stereocenters. The minimum absolute atomic E-state index is 0.0419. The van der Waals surface area contributed by atoms with E-state index in [4.69, 9.17) is 4.74 Å². The molecular weight excluding hydrogens is 542 g/mol. The fraction of sp³-hybridized carbons (Fsp3) is 0.741. The fourth-order valence-electron chi connectivity index (χ4n) is 3.65. The summed E-state index contributed by atoms with van der Waals surface area (Å²) >= 11 is 0. The summed E-state index contributed by atoms with van der Waals surface area (Å²) in [7, 11) is 0. The van der Waals surface area contributed by atoms with E-state index >= 15 is 0 Å². The highest BCUT2D eigenvalue weighted by atomic mass is 16.5. The molecule has 0 aromatic rings. The van der Waals surface area contributed by atoms with Crippen LogP contribution >= 0.6 is 0 Å². The van der Waals surface area contributed by atoms with E-state index in [0.29, 0.717) is 58.3 Å². The third-order valence-electron chi connectivity index (χ3n) is 6.21. The molecule has 0 saturated carbocycles. The van der Waals surface area contributed by atoms with Crippen LogP contribution in [0.5, 0.6) is 0 Å². The minimum Gasteiger partial charge on any atom is -0.464 e. The highest BCUT2D eigenvalue weighted by Gasteiger charge is 2.29. The highest BCUT2D eigenvalue weighted by molar-refractivity contribution is 5.99. The van der Waals surface area contributed by atoms with Gasteiger partial charge >= 0.3 is 17.9 Å². The third-order valence-corrected chi connectivity index (χ3v) is 6.21. The first kappa shape index (κ1) is 35.5. The molecule has 3 aliphatic rings. The number of aliphatic hydroxyl groups is 1. The van der Waals surface area contributed by atoms with Gasteiger partial charge in [-0.2, -0.15) is 0 Å². The molecule has 41 heavy (non-hydrogen) atoms. The summed E-state index contributed by atoms with van der Waals surface area (Å²) < 4.78 is 14.1. The lowest BCUT2D eigenvalue weighted by Gasteiger charge is -2.10. The molecule has 3 aliphatic heterocycles. The lowest BCUT2D eigenvalue weighted by Crippen LogP contribution is -2.39. The summed E-state index contributed by atoms with van der Waals surface area (Å²) in [5, 5.41) is 16.8. The Bertz CT molecular complexity index is 924. The van der Waals surface area contributed by atoms with Gasteiger partial charge in [0.1, 0.15) is 23.9 Å². The summed E-state index contributed by atoms with van der Waals surface area (Å²) in [5.41, 5.74) is 0. The number of aliphatic hydroxyl groups excluding tert-OH is 1. The number of ether oxygens (including phenoxy) is 3. The van der Waals surface area contributed by atoms with Crippen LogP contribution in [0.2, 0.25) is 0 Å². The second-order valence-corrected chi connectivity index (χ2v) is 9.67. The number of esters is 3. The maximum Gasteiger partial charge on any atom is 0.328 e. The smallest absolute Gasteiger partial charge is 0.328 e. The van der Waals surface area contributed by atoms with Crippen LogP contribution in [0.25, 0.3) is 0 Å². The second-order valence-electron chi connectivity index (χ2n) is 9.67. The number of carbonyl (C=O) groups is 7. The van der Waals surface area contributed by atoms with Crippen molar-refractivity contribution in [1.82, 2.24) is 16.0 Å². The number of rotatable bonds is 12. The topological polar surface area (TPSA) is 203 Å². The Labute approximate surface area is 239 Å². The van der Waals surface area contributed by atoms with E-state index in [1.54, 1.807) is 13.8 Å². The van der Waals surface area contributed by atoms with E-state index in [-0.39, 0.29) is 42.4 Å². The summed E-state index contributed by atoms with van der Waals surface area (Å²) in [6, 6.07) is -1.48. The molecule has 0 spiro atoms. The predicted octanol–water partition coefficient (Wildman–Crippen LogP) is -0.0253. The van der Waals surface area contributed by atoms with Crippen molar-refractivity contribution in [3.63, 3.8) is 0 Å². The monoisotopic (exact) mass is 585 g/mol. The molecule has 232 valence electrons.